The SMILES string of the molecule is CC(C)C(C(C)C)C(C)(C)C(C)(C(C)C)C(C)C. The van der Waals surface area contributed by atoms with E-state index in [0.29, 0.717) is 22.7 Å². The highest BCUT2D eigenvalue weighted by Gasteiger charge is 2.50. The predicted molar refractivity (Wildman–Crippen MR) is 84.7 cm³/mol. The van der Waals surface area contributed by atoms with Crippen molar-refractivity contribution in [2.75, 3.05) is 0 Å². The van der Waals surface area contributed by atoms with Crippen molar-refractivity contribution >= 4 is 0 Å². The molecule has 0 N–H and O–H groups in total. The molecule has 0 atom stereocenters. The van der Waals surface area contributed by atoms with Gasteiger partial charge in [0.1, 0.15) is 0 Å². The van der Waals surface area contributed by atoms with Crippen LogP contribution < -0.4 is 0 Å². The fourth-order valence-electron chi connectivity index (χ4n) is 4.95. The molecule has 0 radical (unpaired) electrons. The lowest BCUT2D eigenvalue weighted by atomic mass is 9.48. The maximum Gasteiger partial charge on any atom is -0.0226 e. The quantitative estimate of drug-likeness (QED) is 0.525. The highest BCUT2D eigenvalue weighted by atomic mass is 14.6. The second-order valence-electron chi connectivity index (χ2n) is 8.33. The van der Waals surface area contributed by atoms with Gasteiger partial charge in [-0.1, -0.05) is 76.2 Å². The Kier molecular flexibility index (Phi) is 5.97. The first-order valence-electron chi connectivity index (χ1n) is 7.90. The van der Waals surface area contributed by atoms with Crippen molar-refractivity contribution in [2.24, 2.45) is 40.4 Å². The van der Waals surface area contributed by atoms with E-state index < -0.39 is 0 Å². The Bertz CT molecular complexity index is 227. The Morgan fingerprint density at radius 2 is 0.833 bits per heavy atom. The van der Waals surface area contributed by atoms with Crippen LogP contribution in [0.4, 0.5) is 0 Å². The second-order valence-corrected chi connectivity index (χ2v) is 8.33. The van der Waals surface area contributed by atoms with E-state index in [-0.39, 0.29) is 0 Å². The third-order valence-corrected chi connectivity index (χ3v) is 6.06. The standard InChI is InChI=1S/C18H38/c1-12(2)16(13(3)4)17(9,10)18(11,14(5)6)15(7)8/h12-16H,1-11H3. The molecule has 0 aliphatic rings. The summed E-state index contributed by atoms with van der Waals surface area (Å²) in [6.07, 6.45) is 0. The molecular formula is C18H38. The first-order valence-corrected chi connectivity index (χ1v) is 7.90. The zero-order valence-corrected chi connectivity index (χ0v) is 14.9. The summed E-state index contributed by atoms with van der Waals surface area (Å²) >= 11 is 0. The van der Waals surface area contributed by atoms with E-state index >= 15 is 0 Å². The Labute approximate surface area is 117 Å². The van der Waals surface area contributed by atoms with Gasteiger partial charge in [-0.2, -0.15) is 0 Å². The van der Waals surface area contributed by atoms with Gasteiger partial charge in [0, 0.05) is 0 Å². The van der Waals surface area contributed by atoms with Crippen molar-refractivity contribution in [1.82, 2.24) is 0 Å². The number of rotatable bonds is 6. The van der Waals surface area contributed by atoms with Crippen LogP contribution in [0.1, 0.15) is 76.2 Å². The zero-order chi connectivity index (χ0) is 14.9. The molecule has 0 aliphatic carbocycles. The molecule has 110 valence electrons. The van der Waals surface area contributed by atoms with Gasteiger partial charge >= 0.3 is 0 Å². The summed E-state index contributed by atoms with van der Waals surface area (Å²) in [6.45, 7) is 26.7. The molecule has 18 heavy (non-hydrogen) atoms. The van der Waals surface area contributed by atoms with Gasteiger partial charge < -0.3 is 0 Å². The molecule has 0 amide bonds. The van der Waals surface area contributed by atoms with Gasteiger partial charge in [0.15, 0.2) is 0 Å². The van der Waals surface area contributed by atoms with Crippen LogP contribution in [0.15, 0.2) is 0 Å². The van der Waals surface area contributed by atoms with Gasteiger partial charge in [0.25, 0.3) is 0 Å². The van der Waals surface area contributed by atoms with E-state index in [2.05, 4.69) is 76.2 Å². The molecular weight excluding hydrogens is 216 g/mol. The molecule has 0 aliphatic heterocycles. The van der Waals surface area contributed by atoms with Crippen LogP contribution in [0, 0.1) is 40.4 Å². The summed E-state index contributed by atoms with van der Waals surface area (Å²) in [5, 5.41) is 0. The number of hydrogen-bond acceptors (Lipinski definition) is 0. The third kappa shape index (κ3) is 2.94. The monoisotopic (exact) mass is 254 g/mol. The minimum absolute atomic E-state index is 0.359. The fourth-order valence-corrected chi connectivity index (χ4v) is 4.95. The molecule has 0 unspecified atom stereocenters. The lowest BCUT2D eigenvalue weighted by Crippen LogP contribution is -2.50. The summed E-state index contributed by atoms with van der Waals surface area (Å²) < 4.78 is 0. The second kappa shape index (κ2) is 5.97. The van der Waals surface area contributed by atoms with E-state index in [1.165, 1.54) is 0 Å². The van der Waals surface area contributed by atoms with Gasteiger partial charge in [-0.15, -0.1) is 0 Å². The van der Waals surface area contributed by atoms with E-state index in [1.54, 1.807) is 0 Å². The molecule has 0 aromatic heterocycles. The molecule has 0 aromatic rings. The predicted octanol–water partition coefficient (Wildman–Crippen LogP) is 6.26. The molecule has 0 aromatic carbocycles. The van der Waals surface area contributed by atoms with Crippen LogP contribution in [-0.4, -0.2) is 0 Å². The molecule has 0 rings (SSSR count). The van der Waals surface area contributed by atoms with Crippen LogP contribution in [-0.2, 0) is 0 Å². The molecule has 0 heteroatoms. The summed E-state index contributed by atoms with van der Waals surface area (Å²) in [5.41, 5.74) is 0.740. The van der Waals surface area contributed by atoms with Crippen LogP contribution >= 0.6 is 0 Å². The van der Waals surface area contributed by atoms with Gasteiger partial charge in [-0.25, -0.2) is 0 Å². The van der Waals surface area contributed by atoms with E-state index in [9.17, 15) is 0 Å². The smallest absolute Gasteiger partial charge is 0.0226 e. The first kappa shape index (κ1) is 18.0. The fraction of sp³-hybridized carbons (Fsp3) is 1.00. The number of hydrogen-bond donors (Lipinski definition) is 0. The van der Waals surface area contributed by atoms with Crippen molar-refractivity contribution in [3.63, 3.8) is 0 Å². The van der Waals surface area contributed by atoms with Gasteiger partial charge in [0.05, 0.1) is 0 Å². The van der Waals surface area contributed by atoms with Gasteiger partial charge in [-0.3, -0.25) is 0 Å². The Balaban J connectivity index is 5.68. The maximum absolute atomic E-state index is 2.51. The third-order valence-electron chi connectivity index (χ3n) is 6.06. The van der Waals surface area contributed by atoms with Crippen molar-refractivity contribution in [1.29, 1.82) is 0 Å². The van der Waals surface area contributed by atoms with Crippen molar-refractivity contribution in [3.05, 3.63) is 0 Å². The van der Waals surface area contributed by atoms with Gasteiger partial charge in [-0.05, 0) is 40.4 Å². The molecule has 0 nitrogen and oxygen atoms in total. The normalized spacial score (nSPS) is 14.7. The maximum atomic E-state index is 2.51. The molecule has 0 fully saturated rings. The molecule has 0 saturated heterocycles. The Morgan fingerprint density at radius 3 is 1.00 bits per heavy atom. The van der Waals surface area contributed by atoms with E-state index in [0.717, 1.165) is 17.8 Å². The highest BCUT2D eigenvalue weighted by molar-refractivity contribution is 4.99. The minimum atomic E-state index is 0.359. The largest absolute Gasteiger partial charge is 0.0625 e. The van der Waals surface area contributed by atoms with Gasteiger partial charge in [0.2, 0.25) is 0 Å². The van der Waals surface area contributed by atoms with Crippen molar-refractivity contribution < 1.29 is 0 Å². The van der Waals surface area contributed by atoms with E-state index in [4.69, 9.17) is 0 Å². The Morgan fingerprint density at radius 1 is 0.556 bits per heavy atom. The zero-order valence-electron chi connectivity index (χ0n) is 14.9. The average molecular weight is 255 g/mol. The van der Waals surface area contributed by atoms with Crippen LogP contribution in [0.5, 0.6) is 0 Å². The van der Waals surface area contributed by atoms with E-state index in [1.807, 2.05) is 0 Å². The Hall–Kier alpha value is 0. The van der Waals surface area contributed by atoms with Crippen molar-refractivity contribution in [2.45, 2.75) is 76.2 Å². The van der Waals surface area contributed by atoms with Crippen LogP contribution in [0.2, 0.25) is 0 Å². The first-order chi connectivity index (χ1) is 7.90. The summed E-state index contributed by atoms with van der Waals surface area (Å²) in [5.74, 6) is 3.70. The molecule has 0 saturated carbocycles. The molecule has 0 spiro atoms. The summed E-state index contributed by atoms with van der Waals surface area (Å²) in [6, 6.07) is 0. The van der Waals surface area contributed by atoms with Crippen LogP contribution in [0.25, 0.3) is 0 Å². The summed E-state index contributed by atoms with van der Waals surface area (Å²) in [7, 11) is 0. The van der Waals surface area contributed by atoms with Crippen molar-refractivity contribution in [3.8, 4) is 0 Å². The van der Waals surface area contributed by atoms with Crippen LogP contribution in [0.3, 0.4) is 0 Å². The average Bonchev–Trinajstić information content (AvgIpc) is 2.12. The molecule has 0 heterocycles. The summed E-state index contributed by atoms with van der Waals surface area (Å²) in [4.78, 5) is 0. The lowest BCUT2D eigenvalue weighted by molar-refractivity contribution is -0.0830. The molecule has 0 bridgehead atoms. The highest BCUT2D eigenvalue weighted by Crippen LogP contribution is 2.57. The minimum Gasteiger partial charge on any atom is -0.0625 e. The topological polar surface area (TPSA) is 0 Å². The lowest BCUT2D eigenvalue weighted by Gasteiger charge is -2.56.